The maximum atomic E-state index is 12.7. The molecule has 0 heterocycles. The Morgan fingerprint density at radius 1 is 1.41 bits per heavy atom. The van der Waals surface area contributed by atoms with Crippen LogP contribution in [-0.2, 0) is 9.53 Å². The Morgan fingerprint density at radius 2 is 2.06 bits per heavy atom. The first-order chi connectivity index (χ1) is 8.13. The average Bonchev–Trinajstić information content (AvgIpc) is 2.30. The van der Waals surface area contributed by atoms with Crippen molar-refractivity contribution in [3.8, 4) is 0 Å². The summed E-state index contributed by atoms with van der Waals surface area (Å²) in [7, 11) is 0. The standard InChI is InChI=1S/C13H18FNO2/c1-3-17-13(16)8-9-15-10(2)11-4-6-12(14)7-5-11/h4-7,10,15H,3,8-9H2,1-2H3/t10-/m1/s1. The van der Waals surface area contributed by atoms with Crippen LogP contribution in [0.1, 0.15) is 31.9 Å². The van der Waals surface area contributed by atoms with Crippen LogP contribution in [0.3, 0.4) is 0 Å². The lowest BCUT2D eigenvalue weighted by atomic mass is 10.1. The Labute approximate surface area is 101 Å². The number of ether oxygens (including phenoxy) is 1. The van der Waals surface area contributed by atoms with E-state index in [2.05, 4.69) is 5.32 Å². The van der Waals surface area contributed by atoms with Gasteiger partial charge in [0.05, 0.1) is 13.0 Å². The first-order valence-corrected chi connectivity index (χ1v) is 5.78. The second-order valence-corrected chi connectivity index (χ2v) is 3.78. The van der Waals surface area contributed by atoms with E-state index in [-0.39, 0.29) is 17.8 Å². The van der Waals surface area contributed by atoms with Crippen LogP contribution in [0.25, 0.3) is 0 Å². The average molecular weight is 239 g/mol. The second kappa shape index (κ2) is 7.01. The van der Waals surface area contributed by atoms with Crippen LogP contribution in [0.15, 0.2) is 24.3 Å². The minimum atomic E-state index is -0.243. The van der Waals surface area contributed by atoms with Gasteiger partial charge < -0.3 is 10.1 Å². The molecule has 0 saturated heterocycles. The molecule has 0 bridgehead atoms. The molecule has 0 fully saturated rings. The topological polar surface area (TPSA) is 38.3 Å². The van der Waals surface area contributed by atoms with E-state index in [1.54, 1.807) is 19.1 Å². The summed E-state index contributed by atoms with van der Waals surface area (Å²) >= 11 is 0. The van der Waals surface area contributed by atoms with E-state index in [1.165, 1.54) is 12.1 Å². The molecule has 0 aliphatic heterocycles. The van der Waals surface area contributed by atoms with Crippen molar-refractivity contribution in [2.45, 2.75) is 26.3 Å². The molecule has 1 atom stereocenters. The van der Waals surface area contributed by atoms with Gasteiger partial charge in [-0.2, -0.15) is 0 Å². The quantitative estimate of drug-likeness (QED) is 0.775. The van der Waals surface area contributed by atoms with E-state index in [4.69, 9.17) is 4.74 Å². The molecular formula is C13H18FNO2. The molecule has 0 aliphatic rings. The van der Waals surface area contributed by atoms with Crippen LogP contribution in [0.2, 0.25) is 0 Å². The van der Waals surface area contributed by atoms with Crippen molar-refractivity contribution >= 4 is 5.97 Å². The second-order valence-electron chi connectivity index (χ2n) is 3.78. The summed E-state index contributed by atoms with van der Waals surface area (Å²) < 4.78 is 17.5. The van der Waals surface area contributed by atoms with Crippen molar-refractivity contribution in [1.29, 1.82) is 0 Å². The fourth-order valence-corrected chi connectivity index (χ4v) is 1.49. The van der Waals surface area contributed by atoms with E-state index >= 15 is 0 Å². The zero-order valence-electron chi connectivity index (χ0n) is 10.2. The number of rotatable bonds is 6. The lowest BCUT2D eigenvalue weighted by Gasteiger charge is -2.13. The molecule has 1 aromatic carbocycles. The van der Waals surface area contributed by atoms with Crippen molar-refractivity contribution in [2.75, 3.05) is 13.2 Å². The fraction of sp³-hybridized carbons (Fsp3) is 0.462. The molecular weight excluding hydrogens is 221 g/mol. The number of carbonyl (C=O) groups excluding carboxylic acids is 1. The van der Waals surface area contributed by atoms with Gasteiger partial charge in [0.1, 0.15) is 5.82 Å². The molecule has 94 valence electrons. The lowest BCUT2D eigenvalue weighted by molar-refractivity contribution is -0.143. The smallest absolute Gasteiger partial charge is 0.307 e. The SMILES string of the molecule is CCOC(=O)CCN[C@H](C)c1ccc(F)cc1. The van der Waals surface area contributed by atoms with Gasteiger partial charge in [0.25, 0.3) is 0 Å². The summed E-state index contributed by atoms with van der Waals surface area (Å²) in [5.74, 6) is -0.446. The number of esters is 1. The minimum absolute atomic E-state index is 0.0880. The van der Waals surface area contributed by atoms with Gasteiger partial charge in [0.2, 0.25) is 0 Å². The normalized spacial score (nSPS) is 12.2. The monoisotopic (exact) mass is 239 g/mol. The lowest BCUT2D eigenvalue weighted by Crippen LogP contribution is -2.22. The van der Waals surface area contributed by atoms with Gasteiger partial charge in [-0.3, -0.25) is 4.79 Å². The van der Waals surface area contributed by atoms with E-state index in [0.29, 0.717) is 19.6 Å². The molecule has 17 heavy (non-hydrogen) atoms. The maximum absolute atomic E-state index is 12.7. The van der Waals surface area contributed by atoms with Crippen molar-refractivity contribution in [3.05, 3.63) is 35.6 Å². The fourth-order valence-electron chi connectivity index (χ4n) is 1.49. The van der Waals surface area contributed by atoms with Crippen LogP contribution < -0.4 is 5.32 Å². The Balaban J connectivity index is 2.32. The van der Waals surface area contributed by atoms with Crippen LogP contribution >= 0.6 is 0 Å². The maximum Gasteiger partial charge on any atom is 0.307 e. The Morgan fingerprint density at radius 3 is 2.65 bits per heavy atom. The number of nitrogens with one attached hydrogen (secondary N) is 1. The highest BCUT2D eigenvalue weighted by molar-refractivity contribution is 5.69. The van der Waals surface area contributed by atoms with Crippen LogP contribution in [0, 0.1) is 5.82 Å². The first-order valence-electron chi connectivity index (χ1n) is 5.78. The van der Waals surface area contributed by atoms with Crippen molar-refractivity contribution in [1.82, 2.24) is 5.32 Å². The van der Waals surface area contributed by atoms with Gasteiger partial charge in [-0.15, -0.1) is 0 Å². The van der Waals surface area contributed by atoms with Crippen LogP contribution in [-0.4, -0.2) is 19.1 Å². The molecule has 0 spiro atoms. The first kappa shape index (κ1) is 13.6. The van der Waals surface area contributed by atoms with Gasteiger partial charge in [0, 0.05) is 12.6 Å². The zero-order chi connectivity index (χ0) is 12.7. The molecule has 3 nitrogen and oxygen atoms in total. The molecule has 0 amide bonds. The largest absolute Gasteiger partial charge is 0.466 e. The predicted molar refractivity (Wildman–Crippen MR) is 64.1 cm³/mol. The summed E-state index contributed by atoms with van der Waals surface area (Å²) in [6.45, 7) is 4.72. The Bertz CT molecular complexity index is 351. The van der Waals surface area contributed by atoms with Gasteiger partial charge in [-0.1, -0.05) is 12.1 Å². The zero-order valence-corrected chi connectivity index (χ0v) is 10.2. The molecule has 1 rings (SSSR count). The summed E-state index contributed by atoms with van der Waals surface area (Å²) in [4.78, 5) is 11.1. The van der Waals surface area contributed by atoms with E-state index in [1.807, 2.05) is 6.92 Å². The van der Waals surface area contributed by atoms with Crippen LogP contribution in [0.4, 0.5) is 4.39 Å². The van der Waals surface area contributed by atoms with Gasteiger partial charge in [-0.05, 0) is 31.5 Å². The molecule has 0 saturated carbocycles. The molecule has 0 aromatic heterocycles. The summed E-state index contributed by atoms with van der Waals surface area (Å²) in [5, 5.41) is 3.18. The highest BCUT2D eigenvalue weighted by Gasteiger charge is 2.06. The van der Waals surface area contributed by atoms with Gasteiger partial charge in [-0.25, -0.2) is 4.39 Å². The third-order valence-corrected chi connectivity index (χ3v) is 2.45. The third-order valence-electron chi connectivity index (χ3n) is 2.45. The molecule has 1 aromatic rings. The van der Waals surface area contributed by atoms with E-state index in [9.17, 15) is 9.18 Å². The number of halogens is 1. The number of benzene rings is 1. The van der Waals surface area contributed by atoms with Crippen molar-refractivity contribution in [2.24, 2.45) is 0 Å². The summed E-state index contributed by atoms with van der Waals surface area (Å²) in [6, 6.07) is 6.41. The highest BCUT2D eigenvalue weighted by Crippen LogP contribution is 2.12. The summed E-state index contributed by atoms with van der Waals surface area (Å²) in [5.41, 5.74) is 0.996. The molecule has 0 unspecified atom stereocenters. The van der Waals surface area contributed by atoms with Crippen LogP contribution in [0.5, 0.6) is 0 Å². The number of hydrogen-bond acceptors (Lipinski definition) is 3. The number of hydrogen-bond donors (Lipinski definition) is 1. The Kier molecular flexibility index (Phi) is 5.63. The molecule has 0 radical (unpaired) electrons. The van der Waals surface area contributed by atoms with Gasteiger partial charge >= 0.3 is 5.97 Å². The third kappa shape index (κ3) is 4.95. The molecule has 0 aliphatic carbocycles. The molecule has 1 N–H and O–H groups in total. The predicted octanol–water partition coefficient (Wildman–Crippen LogP) is 2.43. The number of carbonyl (C=O) groups is 1. The minimum Gasteiger partial charge on any atom is -0.466 e. The van der Waals surface area contributed by atoms with E-state index in [0.717, 1.165) is 5.56 Å². The van der Waals surface area contributed by atoms with E-state index < -0.39 is 0 Å². The molecule has 4 heteroatoms. The van der Waals surface area contributed by atoms with Crippen molar-refractivity contribution in [3.63, 3.8) is 0 Å². The Hall–Kier alpha value is -1.42. The van der Waals surface area contributed by atoms with Crippen molar-refractivity contribution < 1.29 is 13.9 Å². The highest BCUT2D eigenvalue weighted by atomic mass is 19.1. The van der Waals surface area contributed by atoms with Gasteiger partial charge in [0.15, 0.2) is 0 Å². The summed E-state index contributed by atoms with van der Waals surface area (Å²) in [6.07, 6.45) is 0.347.